The van der Waals surface area contributed by atoms with Crippen LogP contribution in [0.4, 0.5) is 11.5 Å². The number of methoxy groups -OCH3 is 1. The Morgan fingerprint density at radius 1 is 1.14 bits per heavy atom. The van der Waals surface area contributed by atoms with Crippen LogP contribution in [0.5, 0.6) is 5.75 Å². The first-order valence-corrected chi connectivity index (χ1v) is 9.35. The van der Waals surface area contributed by atoms with E-state index in [0.717, 1.165) is 27.9 Å². The maximum atomic E-state index is 12.4. The number of carbonyl (C=O) groups excluding carboxylic acids is 1. The van der Waals surface area contributed by atoms with E-state index < -0.39 is 11.3 Å². The SMILES string of the molecule is COc1ccc2c(Nc3ccc(C4(C(=O)NO)CCOCC4)cc3)ncnc2c1. The summed E-state index contributed by atoms with van der Waals surface area (Å²) in [7, 11) is 1.62. The number of nitrogens with one attached hydrogen (secondary N) is 2. The van der Waals surface area contributed by atoms with Crippen LogP contribution in [0.2, 0.25) is 0 Å². The van der Waals surface area contributed by atoms with Gasteiger partial charge in [-0.15, -0.1) is 0 Å². The number of ether oxygens (including phenoxy) is 2. The zero-order valence-electron chi connectivity index (χ0n) is 16.0. The highest BCUT2D eigenvalue weighted by molar-refractivity contribution is 5.91. The van der Waals surface area contributed by atoms with E-state index in [1.807, 2.05) is 47.9 Å². The van der Waals surface area contributed by atoms with Crippen LogP contribution < -0.4 is 15.5 Å². The Morgan fingerprint density at radius 3 is 2.59 bits per heavy atom. The number of fused-ring (bicyclic) bond motifs is 1. The van der Waals surface area contributed by atoms with Crippen LogP contribution >= 0.6 is 0 Å². The fraction of sp³-hybridized carbons (Fsp3) is 0.286. The first kappa shape index (κ1) is 19.1. The number of rotatable bonds is 5. The van der Waals surface area contributed by atoms with Gasteiger partial charge in [0.05, 0.1) is 18.0 Å². The van der Waals surface area contributed by atoms with Crippen molar-refractivity contribution in [3.05, 3.63) is 54.4 Å². The van der Waals surface area contributed by atoms with Gasteiger partial charge in [-0.2, -0.15) is 0 Å². The molecular weight excluding hydrogens is 372 g/mol. The molecule has 1 aromatic heterocycles. The minimum atomic E-state index is -0.788. The second kappa shape index (κ2) is 8.02. The van der Waals surface area contributed by atoms with Crippen molar-refractivity contribution >= 4 is 28.3 Å². The second-order valence-corrected chi connectivity index (χ2v) is 6.94. The standard InChI is InChI=1S/C21H22N4O4/c1-28-16-6-7-17-18(12-16)22-13-23-19(17)24-15-4-2-14(3-5-15)21(20(26)25-27)8-10-29-11-9-21/h2-7,12-13,27H,8-11H2,1H3,(H,25,26)(H,22,23,24). The number of carbonyl (C=O) groups is 1. The summed E-state index contributed by atoms with van der Waals surface area (Å²) >= 11 is 0. The molecule has 1 amide bonds. The molecule has 1 saturated heterocycles. The van der Waals surface area contributed by atoms with Gasteiger partial charge in [0.1, 0.15) is 17.9 Å². The van der Waals surface area contributed by atoms with Gasteiger partial charge >= 0.3 is 0 Å². The van der Waals surface area contributed by atoms with Gasteiger partial charge in [-0.3, -0.25) is 10.0 Å². The smallest absolute Gasteiger partial charge is 0.254 e. The molecule has 8 nitrogen and oxygen atoms in total. The maximum absolute atomic E-state index is 12.4. The molecule has 1 fully saturated rings. The van der Waals surface area contributed by atoms with Gasteiger partial charge < -0.3 is 14.8 Å². The Bertz CT molecular complexity index is 1020. The Balaban J connectivity index is 1.62. The molecule has 0 radical (unpaired) electrons. The molecule has 1 aliphatic rings. The summed E-state index contributed by atoms with van der Waals surface area (Å²) < 4.78 is 10.7. The van der Waals surface area contributed by atoms with Crippen LogP contribution in [-0.4, -0.2) is 41.4 Å². The Hall–Kier alpha value is -3.23. The van der Waals surface area contributed by atoms with Gasteiger partial charge in [-0.1, -0.05) is 12.1 Å². The van der Waals surface area contributed by atoms with E-state index in [4.69, 9.17) is 9.47 Å². The van der Waals surface area contributed by atoms with Crippen LogP contribution in [0, 0.1) is 0 Å². The average Bonchev–Trinajstić information content (AvgIpc) is 2.79. The molecule has 0 unspecified atom stereocenters. The summed E-state index contributed by atoms with van der Waals surface area (Å²) in [5, 5.41) is 13.4. The number of hydrogen-bond donors (Lipinski definition) is 3. The molecule has 0 spiro atoms. The van der Waals surface area contributed by atoms with Gasteiger partial charge in [0.2, 0.25) is 0 Å². The molecule has 2 aromatic carbocycles. The third-order valence-electron chi connectivity index (χ3n) is 5.43. The van der Waals surface area contributed by atoms with Crippen LogP contribution in [0.3, 0.4) is 0 Å². The Morgan fingerprint density at radius 2 is 1.90 bits per heavy atom. The van der Waals surface area contributed by atoms with Crippen LogP contribution in [-0.2, 0) is 14.9 Å². The van der Waals surface area contributed by atoms with E-state index in [9.17, 15) is 10.0 Å². The zero-order chi connectivity index (χ0) is 20.3. The predicted molar refractivity (Wildman–Crippen MR) is 107 cm³/mol. The molecule has 0 atom stereocenters. The van der Waals surface area contributed by atoms with Crippen LogP contribution in [0.25, 0.3) is 10.9 Å². The largest absolute Gasteiger partial charge is 0.497 e. The van der Waals surface area contributed by atoms with Crippen molar-refractivity contribution in [3.63, 3.8) is 0 Å². The molecule has 8 heteroatoms. The van der Waals surface area contributed by atoms with Gasteiger partial charge in [0.25, 0.3) is 5.91 Å². The quantitative estimate of drug-likeness (QED) is 0.451. The minimum Gasteiger partial charge on any atom is -0.497 e. The van der Waals surface area contributed by atoms with Crippen molar-refractivity contribution in [2.75, 3.05) is 25.6 Å². The minimum absolute atomic E-state index is 0.405. The molecule has 0 aliphatic carbocycles. The first-order valence-electron chi connectivity index (χ1n) is 9.35. The van der Waals surface area contributed by atoms with Crippen molar-refractivity contribution in [3.8, 4) is 5.75 Å². The maximum Gasteiger partial charge on any atom is 0.254 e. The monoisotopic (exact) mass is 394 g/mol. The highest BCUT2D eigenvalue weighted by atomic mass is 16.5. The number of hydrogen-bond acceptors (Lipinski definition) is 7. The molecule has 0 bridgehead atoms. The van der Waals surface area contributed by atoms with Crippen molar-refractivity contribution < 1.29 is 19.5 Å². The number of anilines is 2. The predicted octanol–water partition coefficient (Wildman–Crippen LogP) is 2.94. The third-order valence-corrected chi connectivity index (χ3v) is 5.43. The number of nitrogens with zero attached hydrogens (tertiary/aromatic N) is 2. The molecule has 4 rings (SSSR count). The van der Waals surface area contributed by atoms with Crippen molar-refractivity contribution in [2.45, 2.75) is 18.3 Å². The molecule has 150 valence electrons. The lowest BCUT2D eigenvalue weighted by molar-refractivity contribution is -0.139. The van der Waals surface area contributed by atoms with E-state index in [1.165, 1.54) is 6.33 Å². The van der Waals surface area contributed by atoms with Crippen LogP contribution in [0.15, 0.2) is 48.8 Å². The fourth-order valence-electron chi connectivity index (χ4n) is 3.75. The molecule has 3 N–H and O–H groups in total. The molecule has 29 heavy (non-hydrogen) atoms. The van der Waals surface area contributed by atoms with E-state index in [0.29, 0.717) is 31.9 Å². The Labute approximate surface area is 167 Å². The molecule has 2 heterocycles. The first-order chi connectivity index (χ1) is 14.2. The summed E-state index contributed by atoms with van der Waals surface area (Å²) in [6, 6.07) is 13.2. The lowest BCUT2D eigenvalue weighted by Crippen LogP contribution is -2.47. The zero-order valence-corrected chi connectivity index (χ0v) is 16.0. The molecular formula is C21H22N4O4. The number of aromatic nitrogens is 2. The summed E-state index contributed by atoms with van der Waals surface area (Å²) in [6.45, 7) is 0.952. The van der Waals surface area contributed by atoms with Crippen molar-refractivity contribution in [2.24, 2.45) is 0 Å². The molecule has 1 aliphatic heterocycles. The number of amides is 1. The number of benzene rings is 2. The number of hydroxylamine groups is 1. The van der Waals surface area contributed by atoms with E-state index in [2.05, 4.69) is 15.3 Å². The van der Waals surface area contributed by atoms with Crippen LogP contribution in [0.1, 0.15) is 18.4 Å². The topological polar surface area (TPSA) is 106 Å². The summed E-state index contributed by atoms with van der Waals surface area (Å²) in [5.41, 5.74) is 3.48. The van der Waals surface area contributed by atoms with Gasteiger partial charge in [-0.25, -0.2) is 15.4 Å². The molecule has 3 aromatic rings. The lowest BCUT2D eigenvalue weighted by Gasteiger charge is -2.35. The van der Waals surface area contributed by atoms with Gasteiger partial charge in [0, 0.05) is 30.4 Å². The van der Waals surface area contributed by atoms with Gasteiger partial charge in [0.15, 0.2) is 0 Å². The molecule has 0 saturated carbocycles. The summed E-state index contributed by atoms with van der Waals surface area (Å²) in [4.78, 5) is 21.0. The van der Waals surface area contributed by atoms with E-state index in [-0.39, 0.29) is 0 Å². The lowest BCUT2D eigenvalue weighted by atomic mass is 9.73. The third kappa shape index (κ3) is 3.59. The normalized spacial score (nSPS) is 15.7. The van der Waals surface area contributed by atoms with E-state index in [1.54, 1.807) is 7.11 Å². The summed E-state index contributed by atoms with van der Waals surface area (Å²) in [5.74, 6) is 1.01. The average molecular weight is 394 g/mol. The second-order valence-electron chi connectivity index (χ2n) is 6.94. The highest BCUT2D eigenvalue weighted by Gasteiger charge is 2.41. The van der Waals surface area contributed by atoms with E-state index >= 15 is 0 Å². The summed E-state index contributed by atoms with van der Waals surface area (Å²) in [6.07, 6.45) is 2.54. The van der Waals surface area contributed by atoms with Crippen molar-refractivity contribution in [1.29, 1.82) is 0 Å². The fourth-order valence-corrected chi connectivity index (χ4v) is 3.75. The van der Waals surface area contributed by atoms with Gasteiger partial charge in [-0.05, 0) is 42.7 Å². The Kier molecular flexibility index (Phi) is 5.28. The highest BCUT2D eigenvalue weighted by Crippen LogP contribution is 2.36. The van der Waals surface area contributed by atoms with Crippen molar-refractivity contribution in [1.82, 2.24) is 15.4 Å².